The molecule has 1 aromatic heterocycles. The second kappa shape index (κ2) is 10.2. The zero-order valence-electron chi connectivity index (χ0n) is 20.2. The van der Waals surface area contributed by atoms with Crippen LogP contribution in [0.2, 0.25) is 0 Å². The van der Waals surface area contributed by atoms with E-state index < -0.39 is 5.97 Å². The Morgan fingerprint density at radius 2 is 1.94 bits per heavy atom. The first-order valence-electron chi connectivity index (χ1n) is 11.5. The second-order valence-electron chi connectivity index (χ2n) is 8.73. The van der Waals surface area contributed by atoms with E-state index in [9.17, 15) is 9.59 Å². The van der Waals surface area contributed by atoms with Crippen molar-refractivity contribution in [3.63, 3.8) is 0 Å². The molecule has 1 amide bonds. The summed E-state index contributed by atoms with van der Waals surface area (Å²) < 4.78 is 10.4. The summed E-state index contributed by atoms with van der Waals surface area (Å²) in [6.45, 7) is 7.66. The zero-order valence-corrected chi connectivity index (χ0v) is 20.2. The summed E-state index contributed by atoms with van der Waals surface area (Å²) in [4.78, 5) is 33.0. The number of carbonyl (C=O) groups excluding carboxylic acids is 2. The average molecular weight is 465 g/mol. The number of aromatic amines is 1. The zero-order chi connectivity index (χ0) is 24.2. The van der Waals surface area contributed by atoms with Gasteiger partial charge in [-0.3, -0.25) is 9.69 Å². The third-order valence-electron chi connectivity index (χ3n) is 6.36. The maximum absolute atomic E-state index is 12.9. The van der Waals surface area contributed by atoms with E-state index in [1.54, 1.807) is 13.2 Å². The molecule has 2 N–H and O–H groups in total. The molecule has 1 unspecified atom stereocenters. The van der Waals surface area contributed by atoms with Gasteiger partial charge in [-0.2, -0.15) is 0 Å². The summed E-state index contributed by atoms with van der Waals surface area (Å²) in [5.41, 5.74) is 3.78. The van der Waals surface area contributed by atoms with Crippen LogP contribution >= 0.6 is 0 Å². The Bertz CT molecular complexity index is 1190. The number of hydrogen-bond donors (Lipinski definition) is 2. The van der Waals surface area contributed by atoms with E-state index in [2.05, 4.69) is 58.2 Å². The van der Waals surface area contributed by atoms with Gasteiger partial charge in [-0.15, -0.1) is 0 Å². The smallest absolute Gasteiger partial charge is 0.356 e. The number of rotatable bonds is 7. The Morgan fingerprint density at radius 3 is 2.65 bits per heavy atom. The lowest BCUT2D eigenvalue weighted by Crippen LogP contribution is -2.52. The fourth-order valence-electron chi connectivity index (χ4n) is 4.65. The molecule has 0 bridgehead atoms. The van der Waals surface area contributed by atoms with E-state index >= 15 is 0 Å². The summed E-state index contributed by atoms with van der Waals surface area (Å²) in [5, 5.41) is 3.58. The second-order valence-corrected chi connectivity index (χ2v) is 8.73. The van der Waals surface area contributed by atoms with Crippen molar-refractivity contribution >= 4 is 34.2 Å². The number of H-pyrrole nitrogens is 1. The molecule has 0 saturated carbocycles. The standard InChI is InChI=1S/C26H32N4O4/c1-17-7-5-8-19(15-17)30-14-13-29(16-18(30)2)12-11-22(31)28-24-23-20(9-6-10-21(23)33-3)27-25(24)26(32)34-4/h5-10,15,18,27H,11-14,16H2,1-4H3,(H,28,31). The lowest BCUT2D eigenvalue weighted by Gasteiger charge is -2.41. The number of benzene rings is 2. The van der Waals surface area contributed by atoms with Gasteiger partial charge in [0, 0.05) is 44.3 Å². The Morgan fingerprint density at radius 1 is 1.15 bits per heavy atom. The van der Waals surface area contributed by atoms with Gasteiger partial charge in [0.15, 0.2) is 0 Å². The van der Waals surface area contributed by atoms with Gasteiger partial charge in [0.1, 0.15) is 11.4 Å². The van der Waals surface area contributed by atoms with E-state index in [1.807, 2.05) is 12.1 Å². The Hall–Kier alpha value is -3.52. The summed E-state index contributed by atoms with van der Waals surface area (Å²) >= 11 is 0. The summed E-state index contributed by atoms with van der Waals surface area (Å²) in [5.74, 6) is -0.138. The minimum atomic E-state index is -0.547. The predicted octanol–water partition coefficient (Wildman–Crippen LogP) is 3.81. The van der Waals surface area contributed by atoms with E-state index in [0.717, 1.165) is 19.6 Å². The Balaban J connectivity index is 1.41. The molecule has 2 heterocycles. The highest BCUT2D eigenvalue weighted by atomic mass is 16.5. The molecule has 1 aliphatic heterocycles. The van der Waals surface area contributed by atoms with Crippen LogP contribution in [0, 0.1) is 6.92 Å². The highest BCUT2D eigenvalue weighted by Gasteiger charge is 2.26. The van der Waals surface area contributed by atoms with Crippen LogP contribution in [-0.4, -0.2) is 68.2 Å². The summed E-state index contributed by atoms with van der Waals surface area (Å²) in [6, 6.07) is 14.4. The molecule has 0 spiro atoms. The quantitative estimate of drug-likeness (QED) is 0.517. The molecule has 4 rings (SSSR count). The van der Waals surface area contributed by atoms with Gasteiger partial charge >= 0.3 is 5.97 Å². The first kappa shape index (κ1) is 23.6. The lowest BCUT2D eigenvalue weighted by molar-refractivity contribution is -0.116. The highest BCUT2D eigenvalue weighted by molar-refractivity contribution is 6.12. The van der Waals surface area contributed by atoms with Crippen LogP contribution in [0.25, 0.3) is 10.9 Å². The molecule has 180 valence electrons. The molecule has 1 atom stereocenters. The third kappa shape index (κ3) is 4.87. The number of aromatic nitrogens is 1. The van der Waals surface area contributed by atoms with Crippen LogP contribution in [0.3, 0.4) is 0 Å². The van der Waals surface area contributed by atoms with Gasteiger partial charge in [0.25, 0.3) is 0 Å². The molecule has 0 radical (unpaired) electrons. The van der Waals surface area contributed by atoms with Crippen LogP contribution in [0.5, 0.6) is 5.75 Å². The first-order chi connectivity index (χ1) is 16.4. The van der Waals surface area contributed by atoms with E-state index in [4.69, 9.17) is 9.47 Å². The number of fused-ring (bicyclic) bond motifs is 1. The fourth-order valence-corrected chi connectivity index (χ4v) is 4.65. The van der Waals surface area contributed by atoms with Crippen LogP contribution in [0.15, 0.2) is 42.5 Å². The highest BCUT2D eigenvalue weighted by Crippen LogP contribution is 2.35. The van der Waals surface area contributed by atoms with Crippen LogP contribution in [0.1, 0.15) is 29.4 Å². The number of nitrogens with one attached hydrogen (secondary N) is 2. The maximum atomic E-state index is 12.9. The molecule has 34 heavy (non-hydrogen) atoms. The van der Waals surface area contributed by atoms with Crippen LogP contribution in [-0.2, 0) is 9.53 Å². The summed E-state index contributed by atoms with van der Waals surface area (Å²) in [7, 11) is 2.87. The maximum Gasteiger partial charge on any atom is 0.356 e. The van der Waals surface area contributed by atoms with Crippen molar-refractivity contribution < 1.29 is 19.1 Å². The SMILES string of the molecule is COC(=O)c1[nH]c2cccc(OC)c2c1NC(=O)CCN1CCN(c2cccc(C)c2)C(C)C1. The van der Waals surface area contributed by atoms with Gasteiger partial charge in [-0.25, -0.2) is 4.79 Å². The van der Waals surface area contributed by atoms with Crippen LogP contribution < -0.4 is 15.0 Å². The lowest BCUT2D eigenvalue weighted by atomic mass is 10.1. The third-order valence-corrected chi connectivity index (χ3v) is 6.36. The van der Waals surface area contributed by atoms with E-state index in [0.29, 0.717) is 41.3 Å². The molecule has 3 aromatic rings. The van der Waals surface area contributed by atoms with Gasteiger partial charge in [-0.1, -0.05) is 18.2 Å². The molecule has 1 aliphatic rings. The van der Waals surface area contributed by atoms with E-state index in [1.165, 1.54) is 18.4 Å². The largest absolute Gasteiger partial charge is 0.496 e. The minimum Gasteiger partial charge on any atom is -0.496 e. The number of esters is 1. The number of ether oxygens (including phenoxy) is 2. The molecule has 8 nitrogen and oxygen atoms in total. The number of hydrogen-bond acceptors (Lipinski definition) is 6. The Labute approximate surface area is 199 Å². The van der Waals surface area contributed by atoms with Crippen molar-refractivity contribution in [2.45, 2.75) is 26.3 Å². The molecule has 1 saturated heterocycles. The fraction of sp³-hybridized carbons (Fsp3) is 0.385. The normalized spacial score (nSPS) is 16.5. The monoisotopic (exact) mass is 464 g/mol. The molecule has 2 aromatic carbocycles. The molecule has 8 heteroatoms. The topological polar surface area (TPSA) is 86.9 Å². The predicted molar refractivity (Wildman–Crippen MR) is 134 cm³/mol. The van der Waals surface area contributed by atoms with Crippen molar-refractivity contribution in [3.8, 4) is 5.75 Å². The number of aryl methyl sites for hydroxylation is 1. The van der Waals surface area contributed by atoms with Gasteiger partial charge < -0.3 is 24.7 Å². The minimum absolute atomic E-state index is 0.161. The van der Waals surface area contributed by atoms with Crippen molar-refractivity contribution in [1.29, 1.82) is 0 Å². The molecular weight excluding hydrogens is 432 g/mol. The van der Waals surface area contributed by atoms with Gasteiger partial charge in [-0.05, 0) is 43.7 Å². The molecular formula is C26H32N4O4. The first-order valence-corrected chi connectivity index (χ1v) is 11.5. The number of methoxy groups -OCH3 is 2. The van der Waals surface area contributed by atoms with Gasteiger partial charge in [0.2, 0.25) is 5.91 Å². The number of carbonyl (C=O) groups is 2. The van der Waals surface area contributed by atoms with Crippen molar-refractivity contribution in [3.05, 3.63) is 53.7 Å². The van der Waals surface area contributed by atoms with Crippen molar-refractivity contribution in [1.82, 2.24) is 9.88 Å². The number of piperazine rings is 1. The molecule has 0 aliphatic carbocycles. The number of amides is 1. The average Bonchev–Trinajstić information content (AvgIpc) is 3.20. The summed E-state index contributed by atoms with van der Waals surface area (Å²) in [6.07, 6.45) is 0.319. The van der Waals surface area contributed by atoms with Crippen LogP contribution in [0.4, 0.5) is 11.4 Å². The van der Waals surface area contributed by atoms with Crippen molar-refractivity contribution in [2.24, 2.45) is 0 Å². The van der Waals surface area contributed by atoms with E-state index in [-0.39, 0.29) is 11.6 Å². The number of anilines is 2. The molecule has 1 fully saturated rings. The Kier molecular flexibility index (Phi) is 7.07. The van der Waals surface area contributed by atoms with Crippen molar-refractivity contribution in [2.75, 3.05) is 50.6 Å². The van der Waals surface area contributed by atoms with Gasteiger partial charge in [0.05, 0.1) is 30.8 Å². The number of nitrogens with zero attached hydrogens (tertiary/aromatic N) is 2.